The van der Waals surface area contributed by atoms with E-state index in [0.29, 0.717) is 30.6 Å². The van der Waals surface area contributed by atoms with Crippen molar-refractivity contribution in [3.05, 3.63) is 77.5 Å². The molecule has 0 saturated heterocycles. The van der Waals surface area contributed by atoms with E-state index < -0.39 is 5.54 Å². The number of ether oxygens (including phenoxy) is 1. The predicted octanol–water partition coefficient (Wildman–Crippen LogP) is 5.94. The summed E-state index contributed by atoms with van der Waals surface area (Å²) in [7, 11) is 0. The van der Waals surface area contributed by atoms with Crippen LogP contribution in [0.1, 0.15) is 87.8 Å². The van der Waals surface area contributed by atoms with E-state index in [9.17, 15) is 9.59 Å². The van der Waals surface area contributed by atoms with Gasteiger partial charge in [0.05, 0.1) is 23.3 Å². The molecule has 36 heavy (non-hydrogen) atoms. The van der Waals surface area contributed by atoms with Gasteiger partial charge >= 0.3 is 5.97 Å². The van der Waals surface area contributed by atoms with Crippen molar-refractivity contribution >= 4 is 17.7 Å². The molecule has 1 unspecified atom stereocenters. The maximum absolute atomic E-state index is 13.7. The standard InChI is InChI=1S/C29H36N4O3/c1-6-25(34)36-22-16-14-21(15-17-22)29(7-2,8-3)32-27(35)23-19-30-33-26(23)31-24(18-28(33,4)5)20-12-10-9-11-13-20/h9-17,19,24,31H,6-8,18H2,1-5H3,(H,32,35). The largest absolute Gasteiger partial charge is 0.427 e. The van der Waals surface area contributed by atoms with Crippen LogP contribution in [0.3, 0.4) is 0 Å². The minimum atomic E-state index is -0.567. The fraction of sp³-hybridized carbons (Fsp3) is 0.414. The Bertz CT molecular complexity index is 1210. The molecule has 1 aliphatic heterocycles. The molecular weight excluding hydrogens is 452 g/mol. The number of hydrogen-bond donors (Lipinski definition) is 2. The van der Waals surface area contributed by atoms with Gasteiger partial charge in [0.25, 0.3) is 5.91 Å². The monoisotopic (exact) mass is 488 g/mol. The Morgan fingerprint density at radius 3 is 2.36 bits per heavy atom. The fourth-order valence-electron chi connectivity index (χ4n) is 5.04. The highest BCUT2D eigenvalue weighted by atomic mass is 16.5. The molecule has 0 radical (unpaired) electrons. The molecule has 1 atom stereocenters. The van der Waals surface area contributed by atoms with Gasteiger partial charge in [0, 0.05) is 6.42 Å². The molecular formula is C29H36N4O3. The molecule has 0 saturated carbocycles. The van der Waals surface area contributed by atoms with Crippen LogP contribution in [0, 0.1) is 0 Å². The van der Waals surface area contributed by atoms with Gasteiger partial charge in [-0.2, -0.15) is 5.10 Å². The summed E-state index contributed by atoms with van der Waals surface area (Å²) in [5.74, 6) is 0.796. The topological polar surface area (TPSA) is 85.2 Å². The lowest BCUT2D eigenvalue weighted by Crippen LogP contribution is -2.45. The third-order valence-electron chi connectivity index (χ3n) is 7.29. The summed E-state index contributed by atoms with van der Waals surface area (Å²) in [5, 5.41) is 11.5. The first kappa shape index (κ1) is 25.5. The third-order valence-corrected chi connectivity index (χ3v) is 7.29. The predicted molar refractivity (Wildman–Crippen MR) is 141 cm³/mol. The highest BCUT2D eigenvalue weighted by Crippen LogP contribution is 2.40. The Labute approximate surface area is 213 Å². The van der Waals surface area contributed by atoms with Crippen LogP contribution >= 0.6 is 0 Å². The van der Waals surface area contributed by atoms with Crippen molar-refractivity contribution in [2.45, 2.75) is 77.4 Å². The molecule has 7 heteroatoms. The molecule has 2 aromatic carbocycles. The summed E-state index contributed by atoms with van der Waals surface area (Å²) >= 11 is 0. The molecule has 0 bridgehead atoms. The van der Waals surface area contributed by atoms with Gasteiger partial charge in [0.1, 0.15) is 17.1 Å². The molecule has 1 aromatic heterocycles. The highest BCUT2D eigenvalue weighted by Gasteiger charge is 2.38. The van der Waals surface area contributed by atoms with E-state index in [1.807, 2.05) is 35.0 Å². The van der Waals surface area contributed by atoms with Gasteiger partial charge in [0.15, 0.2) is 0 Å². The average molecular weight is 489 g/mol. The van der Waals surface area contributed by atoms with E-state index in [-0.39, 0.29) is 23.5 Å². The quantitative estimate of drug-likeness (QED) is 0.303. The van der Waals surface area contributed by atoms with Gasteiger partial charge in [-0.15, -0.1) is 0 Å². The minimum Gasteiger partial charge on any atom is -0.427 e. The van der Waals surface area contributed by atoms with E-state index in [4.69, 9.17) is 4.74 Å². The normalized spacial score (nSPS) is 16.5. The van der Waals surface area contributed by atoms with Crippen molar-refractivity contribution in [2.24, 2.45) is 0 Å². The van der Waals surface area contributed by atoms with Crippen molar-refractivity contribution in [1.82, 2.24) is 15.1 Å². The van der Waals surface area contributed by atoms with Gasteiger partial charge in [-0.1, -0.05) is 63.2 Å². The first-order valence-electron chi connectivity index (χ1n) is 12.8. The van der Waals surface area contributed by atoms with Crippen LogP contribution in [0.15, 0.2) is 60.8 Å². The number of amides is 1. The van der Waals surface area contributed by atoms with Crippen molar-refractivity contribution in [2.75, 3.05) is 5.32 Å². The number of esters is 1. The summed E-state index contributed by atoms with van der Waals surface area (Å²) in [6.45, 7) is 10.2. The number of carbonyl (C=O) groups is 2. The number of benzene rings is 2. The Morgan fingerprint density at radius 1 is 1.08 bits per heavy atom. The molecule has 7 nitrogen and oxygen atoms in total. The number of nitrogens with zero attached hydrogens (tertiary/aromatic N) is 2. The molecule has 1 amide bonds. The Morgan fingerprint density at radius 2 is 1.75 bits per heavy atom. The number of fused-ring (bicyclic) bond motifs is 1. The SMILES string of the molecule is CCC(=O)Oc1ccc(C(CC)(CC)NC(=O)c2cnn3c2NC(c2ccccc2)CC3(C)C)cc1. The van der Waals surface area contributed by atoms with Crippen LogP contribution in [0.4, 0.5) is 5.82 Å². The number of anilines is 1. The zero-order valence-electron chi connectivity index (χ0n) is 21.8. The smallest absolute Gasteiger partial charge is 0.310 e. The van der Waals surface area contributed by atoms with E-state index in [2.05, 4.69) is 55.6 Å². The third kappa shape index (κ3) is 4.87. The maximum Gasteiger partial charge on any atom is 0.310 e. The van der Waals surface area contributed by atoms with Gasteiger partial charge in [-0.3, -0.25) is 9.59 Å². The number of nitrogens with one attached hydrogen (secondary N) is 2. The maximum atomic E-state index is 13.7. The van der Waals surface area contributed by atoms with Crippen LogP contribution in [0.2, 0.25) is 0 Å². The second-order valence-electron chi connectivity index (χ2n) is 10.0. The van der Waals surface area contributed by atoms with Crippen LogP contribution in [0.5, 0.6) is 5.75 Å². The molecule has 0 fully saturated rings. The lowest BCUT2D eigenvalue weighted by Gasteiger charge is -2.38. The molecule has 3 aromatic rings. The van der Waals surface area contributed by atoms with E-state index in [1.54, 1.807) is 25.3 Å². The van der Waals surface area contributed by atoms with Crippen molar-refractivity contribution in [3.8, 4) is 5.75 Å². The summed E-state index contributed by atoms with van der Waals surface area (Å²) in [4.78, 5) is 25.4. The van der Waals surface area contributed by atoms with Crippen LogP contribution in [-0.4, -0.2) is 21.7 Å². The molecule has 2 heterocycles. The number of aromatic nitrogens is 2. The van der Waals surface area contributed by atoms with E-state index in [0.717, 1.165) is 17.8 Å². The number of carbonyl (C=O) groups excluding carboxylic acids is 2. The molecule has 0 spiro atoms. The molecule has 1 aliphatic rings. The van der Waals surface area contributed by atoms with Gasteiger partial charge in [0.2, 0.25) is 0 Å². The Balaban J connectivity index is 1.61. The lowest BCUT2D eigenvalue weighted by atomic mass is 9.84. The first-order valence-corrected chi connectivity index (χ1v) is 12.8. The molecule has 0 aliphatic carbocycles. The van der Waals surface area contributed by atoms with Crippen molar-refractivity contribution in [3.63, 3.8) is 0 Å². The minimum absolute atomic E-state index is 0.0810. The summed E-state index contributed by atoms with van der Waals surface area (Å²) in [6.07, 6.45) is 4.25. The zero-order valence-corrected chi connectivity index (χ0v) is 21.8. The van der Waals surface area contributed by atoms with Gasteiger partial charge < -0.3 is 15.4 Å². The Kier molecular flexibility index (Phi) is 7.20. The number of hydrogen-bond acceptors (Lipinski definition) is 5. The number of rotatable bonds is 8. The summed E-state index contributed by atoms with van der Waals surface area (Å²) in [5.41, 5.74) is 1.86. The fourth-order valence-corrected chi connectivity index (χ4v) is 5.04. The van der Waals surface area contributed by atoms with Gasteiger partial charge in [-0.25, -0.2) is 4.68 Å². The Hall–Kier alpha value is -3.61. The second kappa shape index (κ2) is 10.2. The summed E-state index contributed by atoms with van der Waals surface area (Å²) < 4.78 is 7.25. The van der Waals surface area contributed by atoms with Gasteiger partial charge in [-0.05, 0) is 56.4 Å². The van der Waals surface area contributed by atoms with E-state index in [1.165, 1.54) is 5.56 Å². The first-order chi connectivity index (χ1) is 17.2. The molecule has 190 valence electrons. The van der Waals surface area contributed by atoms with Crippen LogP contribution in [-0.2, 0) is 15.9 Å². The zero-order chi connectivity index (χ0) is 25.9. The second-order valence-corrected chi connectivity index (χ2v) is 10.0. The van der Waals surface area contributed by atoms with Crippen LogP contribution in [0.25, 0.3) is 0 Å². The average Bonchev–Trinajstić information content (AvgIpc) is 3.33. The summed E-state index contributed by atoms with van der Waals surface area (Å²) in [6, 6.07) is 17.8. The van der Waals surface area contributed by atoms with Crippen molar-refractivity contribution < 1.29 is 14.3 Å². The van der Waals surface area contributed by atoms with E-state index >= 15 is 0 Å². The van der Waals surface area contributed by atoms with Crippen LogP contribution < -0.4 is 15.4 Å². The molecule has 2 N–H and O–H groups in total. The lowest BCUT2D eigenvalue weighted by molar-refractivity contribution is -0.134. The highest BCUT2D eigenvalue weighted by molar-refractivity contribution is 5.99. The molecule has 4 rings (SSSR count). The van der Waals surface area contributed by atoms with Crippen molar-refractivity contribution in [1.29, 1.82) is 0 Å².